The highest BCUT2D eigenvalue weighted by atomic mass is 32.1. The molecule has 0 nitrogen and oxygen atoms in total. The molecule has 13 heavy (non-hydrogen) atoms. The molecule has 0 aliphatic heterocycles. The number of halogens is 2. The summed E-state index contributed by atoms with van der Waals surface area (Å²) >= 11 is 1.23. The van der Waals surface area contributed by atoms with Crippen molar-refractivity contribution in [2.45, 2.75) is 13.3 Å². The molecular weight excluding hydrogens is 190 g/mol. The van der Waals surface area contributed by atoms with Crippen molar-refractivity contribution >= 4 is 21.4 Å². The first-order chi connectivity index (χ1) is 6.24. The van der Waals surface area contributed by atoms with E-state index in [0.717, 1.165) is 0 Å². The smallest absolute Gasteiger partial charge is 0.144 e. The van der Waals surface area contributed by atoms with Crippen molar-refractivity contribution in [3.8, 4) is 0 Å². The Balaban J connectivity index is 2.83. The molecule has 0 bridgehead atoms. The molecule has 0 saturated heterocycles. The van der Waals surface area contributed by atoms with E-state index in [-0.39, 0.29) is 5.39 Å². The Kier molecular flexibility index (Phi) is 2.04. The molecule has 0 unspecified atom stereocenters. The molecule has 0 fully saturated rings. The van der Waals surface area contributed by atoms with E-state index in [1.54, 1.807) is 12.1 Å². The summed E-state index contributed by atoms with van der Waals surface area (Å²) in [5, 5.41) is 1.48. The summed E-state index contributed by atoms with van der Waals surface area (Å²) in [6, 6.07) is 3.48. The number of thiophene rings is 1. The zero-order chi connectivity index (χ0) is 9.42. The SMILES string of the molecule is CCc1ccc2scc(F)c2c1F. The van der Waals surface area contributed by atoms with Crippen LogP contribution in [0.25, 0.3) is 10.1 Å². The van der Waals surface area contributed by atoms with Gasteiger partial charge in [-0.3, -0.25) is 0 Å². The Morgan fingerprint density at radius 3 is 2.77 bits per heavy atom. The predicted molar refractivity (Wildman–Crippen MR) is 51.1 cm³/mol. The summed E-state index contributed by atoms with van der Waals surface area (Å²) in [7, 11) is 0. The van der Waals surface area contributed by atoms with Gasteiger partial charge in [-0.1, -0.05) is 13.0 Å². The fourth-order valence-corrected chi connectivity index (χ4v) is 2.17. The Morgan fingerprint density at radius 1 is 1.31 bits per heavy atom. The average Bonchev–Trinajstić information content (AvgIpc) is 2.49. The van der Waals surface area contributed by atoms with E-state index < -0.39 is 11.6 Å². The minimum Gasteiger partial charge on any atom is -0.206 e. The number of benzene rings is 1. The van der Waals surface area contributed by atoms with E-state index in [9.17, 15) is 8.78 Å². The third-order valence-electron chi connectivity index (χ3n) is 2.09. The lowest BCUT2D eigenvalue weighted by Gasteiger charge is -1.99. The van der Waals surface area contributed by atoms with Gasteiger partial charge >= 0.3 is 0 Å². The van der Waals surface area contributed by atoms with Gasteiger partial charge in [-0.15, -0.1) is 11.3 Å². The highest BCUT2D eigenvalue weighted by molar-refractivity contribution is 7.17. The lowest BCUT2D eigenvalue weighted by Crippen LogP contribution is -1.88. The first-order valence-electron chi connectivity index (χ1n) is 4.08. The highest BCUT2D eigenvalue weighted by Crippen LogP contribution is 2.29. The van der Waals surface area contributed by atoms with Crippen molar-refractivity contribution in [1.29, 1.82) is 0 Å². The van der Waals surface area contributed by atoms with Crippen LogP contribution in [0.4, 0.5) is 8.78 Å². The van der Waals surface area contributed by atoms with Crippen LogP contribution in [0.3, 0.4) is 0 Å². The molecule has 1 heterocycles. The molecular formula is C10H8F2S. The summed E-state index contributed by atoms with van der Waals surface area (Å²) in [6.07, 6.45) is 0.594. The van der Waals surface area contributed by atoms with E-state index in [4.69, 9.17) is 0 Å². The van der Waals surface area contributed by atoms with E-state index in [2.05, 4.69) is 0 Å². The molecule has 68 valence electrons. The quantitative estimate of drug-likeness (QED) is 0.654. The molecule has 0 atom stereocenters. The van der Waals surface area contributed by atoms with Gasteiger partial charge in [-0.25, -0.2) is 8.78 Å². The van der Waals surface area contributed by atoms with Gasteiger partial charge in [-0.05, 0) is 18.1 Å². The number of hydrogen-bond donors (Lipinski definition) is 0. The summed E-state index contributed by atoms with van der Waals surface area (Å²) in [5.74, 6) is -0.855. The molecule has 0 radical (unpaired) electrons. The topological polar surface area (TPSA) is 0 Å². The van der Waals surface area contributed by atoms with Crippen LogP contribution in [0.5, 0.6) is 0 Å². The van der Waals surface area contributed by atoms with Crippen LogP contribution in [0.1, 0.15) is 12.5 Å². The van der Waals surface area contributed by atoms with E-state index >= 15 is 0 Å². The molecule has 1 aromatic carbocycles. The Bertz CT molecular complexity index is 445. The second kappa shape index (κ2) is 3.07. The predicted octanol–water partition coefficient (Wildman–Crippen LogP) is 3.74. The van der Waals surface area contributed by atoms with E-state index in [0.29, 0.717) is 16.7 Å². The van der Waals surface area contributed by atoms with Gasteiger partial charge in [0.2, 0.25) is 0 Å². The van der Waals surface area contributed by atoms with Gasteiger partial charge in [0.1, 0.15) is 11.6 Å². The third kappa shape index (κ3) is 1.23. The molecule has 0 spiro atoms. The van der Waals surface area contributed by atoms with Crippen LogP contribution in [0.2, 0.25) is 0 Å². The van der Waals surface area contributed by atoms with Gasteiger partial charge < -0.3 is 0 Å². The molecule has 1 aromatic heterocycles. The van der Waals surface area contributed by atoms with E-state index in [1.165, 1.54) is 16.7 Å². The second-order valence-electron chi connectivity index (χ2n) is 2.85. The van der Waals surface area contributed by atoms with Crippen molar-refractivity contribution in [1.82, 2.24) is 0 Å². The minimum absolute atomic E-state index is 0.143. The van der Waals surface area contributed by atoms with Crippen molar-refractivity contribution in [2.24, 2.45) is 0 Å². The largest absolute Gasteiger partial charge is 0.206 e. The Morgan fingerprint density at radius 2 is 2.08 bits per heavy atom. The lowest BCUT2D eigenvalue weighted by atomic mass is 10.1. The monoisotopic (exact) mass is 198 g/mol. The number of aryl methyl sites for hydroxylation is 1. The summed E-state index contributed by atoms with van der Waals surface area (Å²) in [5.41, 5.74) is 0.574. The molecule has 2 aromatic rings. The zero-order valence-corrected chi connectivity index (χ0v) is 7.92. The second-order valence-corrected chi connectivity index (χ2v) is 3.76. The highest BCUT2D eigenvalue weighted by Gasteiger charge is 2.11. The van der Waals surface area contributed by atoms with Gasteiger partial charge in [0.25, 0.3) is 0 Å². The standard InChI is InChI=1S/C10H8F2S/c1-2-6-3-4-8-9(10(6)12)7(11)5-13-8/h3-5H,2H2,1H3. The summed E-state index contributed by atoms with van der Waals surface area (Å²) in [6.45, 7) is 1.86. The average molecular weight is 198 g/mol. The fraction of sp³-hybridized carbons (Fsp3) is 0.200. The van der Waals surface area contributed by atoms with Gasteiger partial charge in [0.15, 0.2) is 0 Å². The normalized spacial score (nSPS) is 11.0. The van der Waals surface area contributed by atoms with Crippen LogP contribution in [0, 0.1) is 11.6 Å². The summed E-state index contributed by atoms with van der Waals surface area (Å²) in [4.78, 5) is 0. The summed E-state index contributed by atoms with van der Waals surface area (Å²) < 4.78 is 27.3. The molecule has 0 amide bonds. The maximum Gasteiger partial charge on any atom is 0.144 e. The Hall–Kier alpha value is -0.960. The molecule has 0 saturated carbocycles. The van der Waals surface area contributed by atoms with Crippen LogP contribution < -0.4 is 0 Å². The van der Waals surface area contributed by atoms with Gasteiger partial charge in [-0.2, -0.15) is 0 Å². The van der Waals surface area contributed by atoms with Crippen molar-refractivity contribution < 1.29 is 8.78 Å². The van der Waals surface area contributed by atoms with Gasteiger partial charge in [0.05, 0.1) is 5.39 Å². The molecule has 0 N–H and O–H groups in total. The maximum absolute atomic E-state index is 13.5. The van der Waals surface area contributed by atoms with Crippen molar-refractivity contribution in [3.05, 3.63) is 34.7 Å². The lowest BCUT2D eigenvalue weighted by molar-refractivity contribution is 0.602. The Labute approximate surface area is 78.8 Å². The number of hydrogen-bond acceptors (Lipinski definition) is 1. The van der Waals surface area contributed by atoms with Gasteiger partial charge in [0, 0.05) is 10.1 Å². The molecule has 2 rings (SSSR count). The van der Waals surface area contributed by atoms with Crippen molar-refractivity contribution in [2.75, 3.05) is 0 Å². The molecule has 0 aliphatic carbocycles. The number of fused-ring (bicyclic) bond motifs is 1. The fourth-order valence-electron chi connectivity index (χ4n) is 1.37. The molecule has 3 heteroatoms. The molecule has 0 aliphatic rings. The number of rotatable bonds is 1. The van der Waals surface area contributed by atoms with E-state index in [1.807, 2.05) is 6.92 Å². The van der Waals surface area contributed by atoms with Crippen LogP contribution in [-0.4, -0.2) is 0 Å². The van der Waals surface area contributed by atoms with Crippen molar-refractivity contribution in [3.63, 3.8) is 0 Å². The van der Waals surface area contributed by atoms with Crippen LogP contribution >= 0.6 is 11.3 Å². The first kappa shape index (κ1) is 8.63. The van der Waals surface area contributed by atoms with Crippen LogP contribution in [0.15, 0.2) is 17.5 Å². The minimum atomic E-state index is -0.451. The zero-order valence-electron chi connectivity index (χ0n) is 7.10. The first-order valence-corrected chi connectivity index (χ1v) is 4.96. The maximum atomic E-state index is 13.5. The van der Waals surface area contributed by atoms with Crippen LogP contribution in [-0.2, 0) is 6.42 Å². The third-order valence-corrected chi connectivity index (χ3v) is 3.01.